The van der Waals surface area contributed by atoms with Crippen molar-refractivity contribution in [2.45, 2.75) is 59.1 Å². The fourth-order valence-electron chi connectivity index (χ4n) is 5.09. The van der Waals surface area contributed by atoms with E-state index >= 15 is 0 Å². The van der Waals surface area contributed by atoms with Gasteiger partial charge in [-0.2, -0.15) is 0 Å². The van der Waals surface area contributed by atoms with Gasteiger partial charge in [-0.3, -0.25) is 9.80 Å². The molecule has 0 saturated carbocycles. The van der Waals surface area contributed by atoms with Crippen LogP contribution in [0, 0.1) is 0 Å². The number of piperidine rings is 2. The molecule has 3 aromatic carbocycles. The fraction of sp³-hybridized carbons (Fsp3) is 0.400. The molecule has 0 N–H and O–H groups in total. The van der Waals surface area contributed by atoms with Crippen molar-refractivity contribution in [3.05, 3.63) is 96.1 Å². The second-order valence-electron chi connectivity index (χ2n) is 9.43. The van der Waals surface area contributed by atoms with E-state index in [0.717, 1.165) is 0 Å². The molecule has 0 aromatic heterocycles. The molecule has 4 heteroatoms. The molecule has 0 aliphatic carbocycles. The molecule has 2 fully saturated rings. The molecule has 2 nitrogen and oxygen atoms in total. The summed E-state index contributed by atoms with van der Waals surface area (Å²) in [5.41, 5.74) is 2.86. The van der Waals surface area contributed by atoms with Crippen molar-refractivity contribution < 1.29 is 0 Å². The third kappa shape index (κ3) is 6.28. The number of nitrogens with zero attached hydrogens (tertiary/aromatic N) is 2. The molecule has 5 rings (SSSR count). The van der Waals surface area contributed by atoms with Crippen LogP contribution >= 0.6 is 23.5 Å². The summed E-state index contributed by atoms with van der Waals surface area (Å²) in [6.45, 7) is 4.80. The number of hydrogen-bond donors (Lipinski definition) is 0. The van der Waals surface area contributed by atoms with Gasteiger partial charge in [0.15, 0.2) is 0 Å². The lowest BCUT2D eigenvalue weighted by molar-refractivity contribution is 0.213. The number of hydrogen-bond acceptors (Lipinski definition) is 4. The van der Waals surface area contributed by atoms with Crippen LogP contribution < -0.4 is 0 Å². The molecule has 0 radical (unpaired) electrons. The molecule has 178 valence electrons. The molecular weight excluding hydrogens is 452 g/mol. The van der Waals surface area contributed by atoms with Crippen molar-refractivity contribution in [3.8, 4) is 0 Å². The van der Waals surface area contributed by atoms with Crippen LogP contribution in [-0.4, -0.2) is 36.0 Å². The van der Waals surface area contributed by atoms with Crippen LogP contribution in [0.1, 0.15) is 60.4 Å². The maximum atomic E-state index is 2.69. The van der Waals surface area contributed by atoms with Crippen LogP contribution in [0.15, 0.2) is 94.7 Å². The van der Waals surface area contributed by atoms with Gasteiger partial charge in [-0.25, -0.2) is 0 Å². The minimum absolute atomic E-state index is 0.381. The molecule has 2 atom stereocenters. The lowest BCUT2D eigenvalue weighted by atomic mass is 10.1. The van der Waals surface area contributed by atoms with Gasteiger partial charge in [0.05, 0.1) is 10.7 Å². The van der Waals surface area contributed by atoms with E-state index in [9.17, 15) is 0 Å². The Morgan fingerprint density at radius 2 is 0.794 bits per heavy atom. The smallest absolute Gasteiger partial charge is 0.0861 e. The summed E-state index contributed by atoms with van der Waals surface area (Å²) < 4.78 is 0. The van der Waals surface area contributed by atoms with Gasteiger partial charge in [0.1, 0.15) is 0 Å². The highest BCUT2D eigenvalue weighted by atomic mass is 32.2. The molecule has 2 heterocycles. The van der Waals surface area contributed by atoms with E-state index in [1.54, 1.807) is 0 Å². The number of rotatable bonds is 8. The summed E-state index contributed by atoms with van der Waals surface area (Å²) in [6.07, 6.45) is 7.99. The Bertz CT molecular complexity index is 899. The molecule has 3 aromatic rings. The molecule has 0 spiro atoms. The van der Waals surface area contributed by atoms with Crippen molar-refractivity contribution in [3.63, 3.8) is 0 Å². The highest BCUT2D eigenvalue weighted by Gasteiger charge is 2.26. The standard InChI is InChI=1S/C30H36N2S2/c1-5-13-27(14-6-1)33-29(31-21-9-3-10-22-31)25-17-19-26(20-18-25)30(32-23-11-4-12-24-32)34-28-15-7-2-8-16-28/h1-2,5-8,13-20,29-30H,3-4,9-12,21-24H2. The zero-order valence-electron chi connectivity index (χ0n) is 20.0. The first-order valence-corrected chi connectivity index (χ1v) is 14.6. The van der Waals surface area contributed by atoms with Crippen molar-refractivity contribution >= 4 is 23.5 Å². The minimum Gasteiger partial charge on any atom is -0.287 e. The highest BCUT2D eigenvalue weighted by molar-refractivity contribution is 7.99. The van der Waals surface area contributed by atoms with Gasteiger partial charge in [-0.1, -0.05) is 73.5 Å². The average Bonchev–Trinajstić information content (AvgIpc) is 2.93. The van der Waals surface area contributed by atoms with E-state index in [-0.39, 0.29) is 0 Å². The van der Waals surface area contributed by atoms with Gasteiger partial charge in [-0.15, -0.1) is 23.5 Å². The largest absolute Gasteiger partial charge is 0.287 e. The Morgan fingerprint density at radius 1 is 0.441 bits per heavy atom. The lowest BCUT2D eigenvalue weighted by Crippen LogP contribution is -2.33. The predicted molar refractivity (Wildman–Crippen MR) is 147 cm³/mol. The molecule has 2 saturated heterocycles. The molecule has 34 heavy (non-hydrogen) atoms. The molecule has 2 aliphatic heterocycles. The van der Waals surface area contributed by atoms with Gasteiger partial charge in [0.2, 0.25) is 0 Å². The zero-order chi connectivity index (χ0) is 23.0. The van der Waals surface area contributed by atoms with Crippen LogP contribution in [0.4, 0.5) is 0 Å². The first-order valence-electron chi connectivity index (χ1n) is 12.9. The molecular formula is C30H36N2S2. The number of benzene rings is 3. The lowest BCUT2D eigenvalue weighted by Gasteiger charge is -2.36. The second kappa shape index (κ2) is 12.3. The Morgan fingerprint density at radius 3 is 1.15 bits per heavy atom. The van der Waals surface area contributed by atoms with Gasteiger partial charge in [0.25, 0.3) is 0 Å². The fourth-order valence-corrected chi connectivity index (χ4v) is 7.54. The summed E-state index contributed by atoms with van der Waals surface area (Å²) in [5, 5.41) is 0.763. The van der Waals surface area contributed by atoms with Crippen LogP contribution in [0.3, 0.4) is 0 Å². The summed E-state index contributed by atoms with van der Waals surface area (Å²) in [4.78, 5) is 8.09. The van der Waals surface area contributed by atoms with Gasteiger partial charge < -0.3 is 0 Å². The number of likely N-dealkylation sites (tertiary alicyclic amines) is 2. The maximum Gasteiger partial charge on any atom is 0.0861 e. The first kappa shape index (κ1) is 24.0. The Labute approximate surface area is 214 Å². The van der Waals surface area contributed by atoms with Crippen LogP contribution in [-0.2, 0) is 0 Å². The summed E-state index contributed by atoms with van der Waals surface area (Å²) in [7, 11) is 0. The van der Waals surface area contributed by atoms with Gasteiger partial charge in [-0.05, 0) is 87.3 Å². The molecule has 0 amide bonds. The van der Waals surface area contributed by atoms with Crippen molar-refractivity contribution in [2.24, 2.45) is 0 Å². The van der Waals surface area contributed by atoms with E-state index in [4.69, 9.17) is 0 Å². The normalized spacial score (nSPS) is 19.5. The summed E-state index contributed by atoms with van der Waals surface area (Å²) >= 11 is 4.01. The van der Waals surface area contributed by atoms with E-state index < -0.39 is 0 Å². The Balaban J connectivity index is 1.39. The van der Waals surface area contributed by atoms with E-state index in [1.807, 2.05) is 23.5 Å². The minimum atomic E-state index is 0.381. The third-order valence-electron chi connectivity index (χ3n) is 6.93. The van der Waals surface area contributed by atoms with E-state index in [0.29, 0.717) is 10.7 Å². The second-order valence-corrected chi connectivity index (χ2v) is 11.7. The monoisotopic (exact) mass is 488 g/mol. The van der Waals surface area contributed by atoms with Crippen LogP contribution in [0.2, 0.25) is 0 Å². The topological polar surface area (TPSA) is 6.48 Å². The molecule has 2 aliphatic rings. The molecule has 0 bridgehead atoms. The Kier molecular flexibility index (Phi) is 8.68. The SMILES string of the molecule is c1ccc(SC(c2ccc(C(Sc3ccccc3)N3CCCCC3)cc2)N2CCCCC2)cc1. The van der Waals surface area contributed by atoms with Gasteiger partial charge >= 0.3 is 0 Å². The molecule has 2 unspecified atom stereocenters. The maximum absolute atomic E-state index is 2.69. The van der Waals surface area contributed by atoms with E-state index in [1.165, 1.54) is 85.6 Å². The van der Waals surface area contributed by atoms with E-state index in [2.05, 4.69) is 94.7 Å². The number of thioether (sulfide) groups is 2. The quantitative estimate of drug-likeness (QED) is 0.294. The van der Waals surface area contributed by atoms with Gasteiger partial charge in [0, 0.05) is 9.79 Å². The zero-order valence-corrected chi connectivity index (χ0v) is 21.7. The average molecular weight is 489 g/mol. The van der Waals surface area contributed by atoms with Crippen LogP contribution in [0.5, 0.6) is 0 Å². The Hall–Kier alpha value is -1.72. The van der Waals surface area contributed by atoms with Crippen LogP contribution in [0.25, 0.3) is 0 Å². The predicted octanol–water partition coefficient (Wildman–Crippen LogP) is 8.24. The van der Waals surface area contributed by atoms with Crippen molar-refractivity contribution in [1.29, 1.82) is 0 Å². The third-order valence-corrected chi connectivity index (χ3v) is 9.61. The van der Waals surface area contributed by atoms with Crippen molar-refractivity contribution in [2.75, 3.05) is 26.2 Å². The summed E-state index contributed by atoms with van der Waals surface area (Å²) in [6, 6.07) is 31.5. The summed E-state index contributed by atoms with van der Waals surface area (Å²) in [5.74, 6) is 0. The first-order chi connectivity index (χ1) is 16.9. The van der Waals surface area contributed by atoms with Crippen molar-refractivity contribution in [1.82, 2.24) is 9.80 Å². The highest BCUT2D eigenvalue weighted by Crippen LogP contribution is 2.42.